The van der Waals surface area contributed by atoms with Crippen LogP contribution in [0.15, 0.2) is 41.5 Å². The Morgan fingerprint density at radius 1 is 1.19 bits per heavy atom. The molecule has 2 aromatic heterocycles. The maximum atomic E-state index is 13.1. The molecule has 1 aromatic carbocycles. The summed E-state index contributed by atoms with van der Waals surface area (Å²) in [6, 6.07) is 9.63. The normalized spacial score (nSPS) is 16.3. The van der Waals surface area contributed by atoms with Gasteiger partial charge in [-0.3, -0.25) is 13.9 Å². The van der Waals surface area contributed by atoms with E-state index in [-0.39, 0.29) is 23.7 Å². The third-order valence-corrected chi connectivity index (χ3v) is 5.63. The molecule has 3 heterocycles. The number of carbonyl (C=O) groups is 1. The summed E-state index contributed by atoms with van der Waals surface area (Å²) in [5.41, 5.74) is -0.346. The summed E-state index contributed by atoms with van der Waals surface area (Å²) in [4.78, 5) is 35.9. The molecule has 32 heavy (non-hydrogen) atoms. The number of nitrogens with zero attached hydrogens (tertiary/aromatic N) is 5. The lowest BCUT2D eigenvalue weighted by molar-refractivity contribution is -0.0419. The molecule has 0 aliphatic carbocycles. The number of aromatic nitrogens is 4. The van der Waals surface area contributed by atoms with Gasteiger partial charge < -0.3 is 14.7 Å². The molecule has 9 heteroatoms. The number of carbonyl (C=O) groups excluding carboxylic acids is 1. The van der Waals surface area contributed by atoms with Crippen LogP contribution in [-0.4, -0.2) is 59.5 Å². The number of hydrogen-bond acceptors (Lipinski definition) is 6. The molecule has 1 amide bonds. The highest BCUT2D eigenvalue weighted by atomic mass is 16.6. The summed E-state index contributed by atoms with van der Waals surface area (Å²) in [6.07, 6.45) is 1.76. The second kappa shape index (κ2) is 8.05. The first-order valence-corrected chi connectivity index (χ1v) is 10.8. The molecular formula is C23H29N5O4. The van der Waals surface area contributed by atoms with E-state index >= 15 is 0 Å². The van der Waals surface area contributed by atoms with Crippen molar-refractivity contribution in [2.24, 2.45) is 0 Å². The number of rotatable bonds is 3. The first-order chi connectivity index (χ1) is 15.1. The van der Waals surface area contributed by atoms with Crippen LogP contribution in [0, 0.1) is 6.92 Å². The zero-order valence-corrected chi connectivity index (χ0v) is 18.9. The predicted molar refractivity (Wildman–Crippen MR) is 120 cm³/mol. The minimum atomic E-state index is -1.12. The number of benzene rings is 1. The molecule has 170 valence electrons. The number of imidazole rings is 1. The average Bonchev–Trinajstić information content (AvgIpc) is 3.06. The van der Waals surface area contributed by atoms with Crippen LogP contribution in [0.2, 0.25) is 0 Å². The van der Waals surface area contributed by atoms with Gasteiger partial charge in [-0.05, 0) is 52.7 Å². The molecule has 0 radical (unpaired) electrons. The SMILES string of the molecule is Cc1nc2c(=O)n(CC3(O)CCN(C(=O)OC(C)(C)C)CC3)cnc2n1-c1ccccc1. The smallest absolute Gasteiger partial charge is 0.410 e. The van der Waals surface area contributed by atoms with Crippen molar-refractivity contribution in [2.45, 2.75) is 58.3 Å². The highest BCUT2D eigenvalue weighted by molar-refractivity contribution is 5.72. The Morgan fingerprint density at radius 3 is 2.47 bits per heavy atom. The van der Waals surface area contributed by atoms with Gasteiger partial charge in [0.25, 0.3) is 5.56 Å². The summed E-state index contributed by atoms with van der Waals surface area (Å²) in [5, 5.41) is 11.1. The number of aryl methyl sites for hydroxylation is 1. The zero-order chi connectivity index (χ0) is 23.1. The summed E-state index contributed by atoms with van der Waals surface area (Å²) in [6.45, 7) is 8.10. The van der Waals surface area contributed by atoms with E-state index in [1.54, 1.807) is 4.90 Å². The van der Waals surface area contributed by atoms with Crippen LogP contribution < -0.4 is 5.56 Å². The third kappa shape index (κ3) is 4.38. The number of amides is 1. The molecule has 0 bridgehead atoms. The molecule has 1 aliphatic rings. The second-order valence-corrected chi connectivity index (χ2v) is 9.37. The van der Waals surface area contributed by atoms with Crippen LogP contribution in [0.1, 0.15) is 39.4 Å². The number of piperidine rings is 1. The number of aliphatic hydroxyl groups is 1. The van der Waals surface area contributed by atoms with Gasteiger partial charge in [-0.1, -0.05) is 18.2 Å². The Balaban J connectivity index is 1.54. The van der Waals surface area contributed by atoms with Crippen LogP contribution in [0.3, 0.4) is 0 Å². The number of para-hydroxylation sites is 1. The predicted octanol–water partition coefficient (Wildman–Crippen LogP) is 2.65. The van der Waals surface area contributed by atoms with Crippen LogP contribution in [0.25, 0.3) is 16.9 Å². The molecule has 3 aromatic rings. The molecule has 0 saturated carbocycles. The molecule has 1 saturated heterocycles. The first kappa shape index (κ1) is 22.0. The number of hydrogen-bond donors (Lipinski definition) is 1. The van der Waals surface area contributed by atoms with Crippen molar-refractivity contribution in [3.63, 3.8) is 0 Å². The minimum absolute atomic E-state index is 0.0914. The number of fused-ring (bicyclic) bond motifs is 1. The van der Waals surface area contributed by atoms with Gasteiger partial charge in [-0.25, -0.2) is 14.8 Å². The van der Waals surface area contributed by atoms with E-state index in [2.05, 4.69) is 9.97 Å². The second-order valence-electron chi connectivity index (χ2n) is 9.37. The topological polar surface area (TPSA) is 102 Å². The minimum Gasteiger partial charge on any atom is -0.444 e. The van der Waals surface area contributed by atoms with E-state index in [1.165, 1.54) is 10.9 Å². The monoisotopic (exact) mass is 439 g/mol. The van der Waals surface area contributed by atoms with E-state index in [0.29, 0.717) is 37.4 Å². The Morgan fingerprint density at radius 2 is 1.84 bits per heavy atom. The van der Waals surface area contributed by atoms with Crippen LogP contribution >= 0.6 is 0 Å². The van der Waals surface area contributed by atoms with Crippen molar-refractivity contribution >= 4 is 17.3 Å². The van der Waals surface area contributed by atoms with Crippen LogP contribution in [-0.2, 0) is 11.3 Å². The van der Waals surface area contributed by atoms with Crippen molar-refractivity contribution in [1.29, 1.82) is 0 Å². The molecule has 0 unspecified atom stereocenters. The maximum Gasteiger partial charge on any atom is 0.410 e. The van der Waals surface area contributed by atoms with E-state index in [1.807, 2.05) is 62.6 Å². The van der Waals surface area contributed by atoms with Crippen LogP contribution in [0.4, 0.5) is 4.79 Å². The van der Waals surface area contributed by atoms with Crippen molar-refractivity contribution in [3.05, 3.63) is 52.8 Å². The third-order valence-electron chi connectivity index (χ3n) is 5.63. The quantitative estimate of drug-likeness (QED) is 0.673. The molecular weight excluding hydrogens is 410 g/mol. The van der Waals surface area contributed by atoms with Crippen molar-refractivity contribution in [2.75, 3.05) is 13.1 Å². The molecule has 0 atom stereocenters. The highest BCUT2D eigenvalue weighted by Crippen LogP contribution is 2.25. The van der Waals surface area contributed by atoms with E-state index < -0.39 is 11.2 Å². The fourth-order valence-electron chi connectivity index (χ4n) is 4.00. The van der Waals surface area contributed by atoms with Gasteiger partial charge in [0.15, 0.2) is 11.2 Å². The maximum absolute atomic E-state index is 13.1. The van der Waals surface area contributed by atoms with Gasteiger partial charge in [0, 0.05) is 18.8 Å². The standard InChI is InChI=1S/C23H29N5O4/c1-16-25-18-19(28(16)17-8-6-5-7-9-17)24-15-27(20(18)29)14-23(31)10-12-26(13-11-23)21(30)32-22(2,3)4/h5-9,15,31H,10-14H2,1-4H3. The van der Waals surface area contributed by atoms with Gasteiger partial charge in [-0.15, -0.1) is 0 Å². The van der Waals surface area contributed by atoms with E-state index in [0.717, 1.165) is 5.69 Å². The molecule has 1 fully saturated rings. The first-order valence-electron chi connectivity index (χ1n) is 10.8. The van der Waals surface area contributed by atoms with Gasteiger partial charge in [-0.2, -0.15) is 0 Å². The highest BCUT2D eigenvalue weighted by Gasteiger charge is 2.36. The lowest BCUT2D eigenvalue weighted by Gasteiger charge is -2.38. The van der Waals surface area contributed by atoms with Gasteiger partial charge in [0.1, 0.15) is 17.8 Å². The summed E-state index contributed by atoms with van der Waals surface area (Å²) in [5.74, 6) is 0.665. The number of likely N-dealkylation sites (tertiary alicyclic amines) is 1. The summed E-state index contributed by atoms with van der Waals surface area (Å²) in [7, 11) is 0. The Kier molecular flexibility index (Phi) is 5.54. The van der Waals surface area contributed by atoms with E-state index in [9.17, 15) is 14.7 Å². The fourth-order valence-corrected chi connectivity index (χ4v) is 4.00. The lowest BCUT2D eigenvalue weighted by Crippen LogP contribution is -2.50. The average molecular weight is 440 g/mol. The van der Waals surface area contributed by atoms with E-state index in [4.69, 9.17) is 4.74 Å². The number of ether oxygens (including phenoxy) is 1. The molecule has 0 spiro atoms. The van der Waals surface area contributed by atoms with Gasteiger partial charge >= 0.3 is 6.09 Å². The van der Waals surface area contributed by atoms with Crippen molar-refractivity contribution in [1.82, 2.24) is 24.0 Å². The van der Waals surface area contributed by atoms with Gasteiger partial charge in [0.2, 0.25) is 0 Å². The lowest BCUT2D eigenvalue weighted by atomic mass is 9.91. The van der Waals surface area contributed by atoms with Gasteiger partial charge in [0.05, 0.1) is 12.1 Å². The summed E-state index contributed by atoms with van der Waals surface area (Å²) >= 11 is 0. The van der Waals surface area contributed by atoms with Crippen molar-refractivity contribution < 1.29 is 14.6 Å². The molecule has 4 rings (SSSR count). The fraction of sp³-hybridized carbons (Fsp3) is 0.478. The van der Waals surface area contributed by atoms with Crippen molar-refractivity contribution in [3.8, 4) is 5.69 Å². The largest absolute Gasteiger partial charge is 0.444 e. The Hall–Kier alpha value is -3.20. The Labute approximate surface area is 186 Å². The zero-order valence-electron chi connectivity index (χ0n) is 18.9. The molecule has 1 aliphatic heterocycles. The molecule has 9 nitrogen and oxygen atoms in total. The molecule has 1 N–H and O–H groups in total. The van der Waals surface area contributed by atoms with Crippen LogP contribution in [0.5, 0.6) is 0 Å². The summed E-state index contributed by atoms with van der Waals surface area (Å²) < 4.78 is 8.66. The Bertz CT molecular complexity index is 1180.